The molecule has 168 valence electrons. The normalized spacial score (nSPS) is 14.8. The Kier molecular flexibility index (Phi) is 6.49. The van der Waals surface area contributed by atoms with E-state index in [4.69, 9.17) is 14.2 Å². The maximum absolute atomic E-state index is 12.9. The number of fused-ring (bicyclic) bond motifs is 1. The van der Waals surface area contributed by atoms with Crippen LogP contribution in [-0.2, 0) is 19.6 Å². The SMILES string of the molecule is COc1ccc(S(=O)(=O)N2CCOCC2)cc1NC(=O)COc1nncc2ccccc12. The van der Waals surface area contributed by atoms with Crippen LogP contribution >= 0.6 is 0 Å². The maximum atomic E-state index is 12.9. The molecule has 0 bridgehead atoms. The molecule has 11 heteroatoms. The summed E-state index contributed by atoms with van der Waals surface area (Å²) in [5.74, 6) is 0.0528. The monoisotopic (exact) mass is 458 g/mol. The predicted molar refractivity (Wildman–Crippen MR) is 116 cm³/mol. The molecule has 3 aromatic rings. The third kappa shape index (κ3) is 4.64. The molecule has 1 N–H and O–H groups in total. The van der Waals surface area contributed by atoms with Crippen molar-refractivity contribution in [1.82, 2.24) is 14.5 Å². The van der Waals surface area contributed by atoms with Crippen molar-refractivity contribution in [2.24, 2.45) is 0 Å². The van der Waals surface area contributed by atoms with Crippen LogP contribution in [0.3, 0.4) is 0 Å². The molecule has 0 unspecified atom stereocenters. The van der Waals surface area contributed by atoms with Crippen LogP contribution < -0.4 is 14.8 Å². The third-order valence-electron chi connectivity index (χ3n) is 4.93. The summed E-state index contributed by atoms with van der Waals surface area (Å²) in [4.78, 5) is 12.6. The Balaban J connectivity index is 1.50. The van der Waals surface area contributed by atoms with Crippen molar-refractivity contribution in [2.45, 2.75) is 4.90 Å². The molecular weight excluding hydrogens is 436 g/mol. The molecule has 1 aliphatic rings. The van der Waals surface area contributed by atoms with Crippen molar-refractivity contribution in [2.75, 3.05) is 45.3 Å². The number of carbonyl (C=O) groups is 1. The first-order chi connectivity index (χ1) is 15.5. The van der Waals surface area contributed by atoms with E-state index in [1.54, 1.807) is 6.20 Å². The van der Waals surface area contributed by atoms with E-state index in [2.05, 4.69) is 15.5 Å². The molecule has 1 amide bonds. The highest BCUT2D eigenvalue weighted by atomic mass is 32.2. The van der Waals surface area contributed by atoms with Crippen LogP contribution in [0.2, 0.25) is 0 Å². The molecule has 4 rings (SSSR count). The number of sulfonamides is 1. The highest BCUT2D eigenvalue weighted by Gasteiger charge is 2.27. The van der Waals surface area contributed by atoms with E-state index in [1.165, 1.54) is 29.6 Å². The number of rotatable bonds is 7. The van der Waals surface area contributed by atoms with Crippen LogP contribution in [0.5, 0.6) is 11.6 Å². The minimum Gasteiger partial charge on any atom is -0.495 e. The van der Waals surface area contributed by atoms with Crippen molar-refractivity contribution in [3.05, 3.63) is 48.7 Å². The number of anilines is 1. The molecule has 32 heavy (non-hydrogen) atoms. The summed E-state index contributed by atoms with van der Waals surface area (Å²) in [6.07, 6.45) is 1.60. The van der Waals surface area contributed by atoms with Gasteiger partial charge in [-0.3, -0.25) is 4.79 Å². The van der Waals surface area contributed by atoms with Gasteiger partial charge < -0.3 is 19.5 Å². The quantitative estimate of drug-likeness (QED) is 0.568. The van der Waals surface area contributed by atoms with Gasteiger partial charge in [0.1, 0.15) is 5.75 Å². The fourth-order valence-electron chi connectivity index (χ4n) is 3.31. The van der Waals surface area contributed by atoms with Crippen molar-refractivity contribution in [1.29, 1.82) is 0 Å². The number of benzene rings is 2. The lowest BCUT2D eigenvalue weighted by atomic mass is 10.2. The Morgan fingerprint density at radius 3 is 2.75 bits per heavy atom. The van der Waals surface area contributed by atoms with Crippen LogP contribution in [-0.4, -0.2) is 68.8 Å². The minimum absolute atomic E-state index is 0.0522. The molecule has 1 aromatic heterocycles. The van der Waals surface area contributed by atoms with E-state index in [0.29, 0.717) is 19.0 Å². The summed E-state index contributed by atoms with van der Waals surface area (Å²) in [5, 5.41) is 12.0. The number of hydrogen-bond acceptors (Lipinski definition) is 8. The first kappa shape index (κ1) is 21.9. The lowest BCUT2D eigenvalue weighted by molar-refractivity contribution is -0.118. The average molecular weight is 458 g/mol. The second-order valence-corrected chi connectivity index (χ2v) is 8.89. The molecule has 10 nitrogen and oxygen atoms in total. The number of morpholine rings is 1. The maximum Gasteiger partial charge on any atom is 0.262 e. The molecular formula is C21H22N4O6S. The van der Waals surface area contributed by atoms with E-state index in [1.807, 2.05) is 24.3 Å². The Morgan fingerprint density at radius 1 is 1.19 bits per heavy atom. The highest BCUT2D eigenvalue weighted by Crippen LogP contribution is 2.29. The molecule has 0 saturated carbocycles. The molecule has 1 fully saturated rings. The molecule has 0 spiro atoms. The number of methoxy groups -OCH3 is 1. The molecule has 1 aliphatic heterocycles. The number of carbonyl (C=O) groups excluding carboxylic acids is 1. The average Bonchev–Trinajstić information content (AvgIpc) is 2.83. The molecule has 2 aromatic carbocycles. The minimum atomic E-state index is -3.73. The zero-order chi connectivity index (χ0) is 22.6. The summed E-state index contributed by atoms with van der Waals surface area (Å²) in [7, 11) is -2.29. The fourth-order valence-corrected chi connectivity index (χ4v) is 4.74. The number of hydrogen-bond donors (Lipinski definition) is 1. The second-order valence-electron chi connectivity index (χ2n) is 6.95. The molecule has 0 aliphatic carbocycles. The summed E-state index contributed by atoms with van der Waals surface area (Å²) in [5.41, 5.74) is 0.222. The largest absolute Gasteiger partial charge is 0.495 e. The Labute approximate surface area is 185 Å². The van der Waals surface area contributed by atoms with Gasteiger partial charge >= 0.3 is 0 Å². The van der Waals surface area contributed by atoms with Gasteiger partial charge in [-0.1, -0.05) is 18.2 Å². The summed E-state index contributed by atoms with van der Waals surface area (Å²) in [6.45, 7) is 0.888. The summed E-state index contributed by atoms with van der Waals surface area (Å²) in [6, 6.07) is 11.7. The van der Waals surface area contributed by atoms with Gasteiger partial charge in [0.2, 0.25) is 15.9 Å². The summed E-state index contributed by atoms with van der Waals surface area (Å²) >= 11 is 0. The van der Waals surface area contributed by atoms with Crippen molar-refractivity contribution in [3.8, 4) is 11.6 Å². The van der Waals surface area contributed by atoms with Gasteiger partial charge in [0, 0.05) is 23.9 Å². The van der Waals surface area contributed by atoms with E-state index < -0.39 is 15.9 Å². The van der Waals surface area contributed by atoms with Gasteiger partial charge in [-0.25, -0.2) is 8.42 Å². The smallest absolute Gasteiger partial charge is 0.262 e. The van der Waals surface area contributed by atoms with E-state index >= 15 is 0 Å². The number of aromatic nitrogens is 2. The van der Waals surface area contributed by atoms with Gasteiger partial charge in [-0.2, -0.15) is 9.40 Å². The molecule has 0 atom stereocenters. The van der Waals surface area contributed by atoms with Crippen LogP contribution in [0.1, 0.15) is 0 Å². The second kappa shape index (κ2) is 9.47. The first-order valence-electron chi connectivity index (χ1n) is 9.88. The van der Waals surface area contributed by atoms with Crippen molar-refractivity contribution >= 4 is 32.4 Å². The van der Waals surface area contributed by atoms with Gasteiger partial charge in [0.25, 0.3) is 5.91 Å². The van der Waals surface area contributed by atoms with Gasteiger partial charge in [-0.05, 0) is 24.3 Å². The van der Waals surface area contributed by atoms with Crippen LogP contribution in [0, 0.1) is 0 Å². The van der Waals surface area contributed by atoms with Crippen molar-refractivity contribution in [3.63, 3.8) is 0 Å². The number of nitrogens with one attached hydrogen (secondary N) is 1. The predicted octanol–water partition coefficient (Wildman–Crippen LogP) is 1.68. The zero-order valence-corrected chi connectivity index (χ0v) is 18.2. The highest BCUT2D eigenvalue weighted by molar-refractivity contribution is 7.89. The van der Waals surface area contributed by atoms with Crippen LogP contribution in [0.15, 0.2) is 53.6 Å². The van der Waals surface area contributed by atoms with Gasteiger partial charge in [0.15, 0.2) is 6.61 Å². The van der Waals surface area contributed by atoms with E-state index in [0.717, 1.165) is 10.8 Å². The Morgan fingerprint density at radius 2 is 1.97 bits per heavy atom. The first-order valence-corrected chi connectivity index (χ1v) is 11.3. The number of nitrogens with zero attached hydrogens (tertiary/aromatic N) is 3. The molecule has 2 heterocycles. The molecule has 0 radical (unpaired) electrons. The van der Waals surface area contributed by atoms with E-state index in [-0.39, 0.29) is 36.2 Å². The van der Waals surface area contributed by atoms with Crippen LogP contribution in [0.25, 0.3) is 10.8 Å². The lowest BCUT2D eigenvalue weighted by Crippen LogP contribution is -2.40. The van der Waals surface area contributed by atoms with Gasteiger partial charge in [0.05, 0.1) is 37.1 Å². The van der Waals surface area contributed by atoms with E-state index in [9.17, 15) is 13.2 Å². The third-order valence-corrected chi connectivity index (χ3v) is 6.82. The number of amides is 1. The Bertz CT molecular complexity index is 1220. The molecule has 1 saturated heterocycles. The standard InChI is InChI=1S/C21H22N4O6S/c1-29-19-7-6-16(32(27,28)25-8-10-30-11-9-25)12-18(19)23-20(26)14-31-21-17-5-3-2-4-15(17)13-22-24-21/h2-7,12-13H,8-11,14H2,1H3,(H,23,26). The lowest BCUT2D eigenvalue weighted by Gasteiger charge is -2.26. The van der Waals surface area contributed by atoms with Crippen molar-refractivity contribution < 1.29 is 27.4 Å². The Hall–Kier alpha value is -3.28. The summed E-state index contributed by atoms with van der Waals surface area (Å²) < 4.78 is 43.3. The fraction of sp³-hybridized carbons (Fsp3) is 0.286. The zero-order valence-electron chi connectivity index (χ0n) is 17.4. The van der Waals surface area contributed by atoms with Gasteiger partial charge in [-0.15, -0.1) is 5.10 Å². The topological polar surface area (TPSA) is 120 Å². The number of ether oxygens (including phenoxy) is 3. The van der Waals surface area contributed by atoms with Crippen LogP contribution in [0.4, 0.5) is 5.69 Å².